The number of aliphatic carboxylic acids is 1. The maximum absolute atomic E-state index is 11.2. The van der Waals surface area contributed by atoms with Crippen LogP contribution in [0.2, 0.25) is 0 Å². The second-order valence-corrected chi connectivity index (χ2v) is 4.92. The number of benzene rings is 2. The highest BCUT2D eigenvalue weighted by Crippen LogP contribution is 2.33. The second kappa shape index (κ2) is 7.38. The summed E-state index contributed by atoms with van der Waals surface area (Å²) < 4.78 is 0. The highest BCUT2D eigenvalue weighted by atomic mass is 16.4. The minimum absolute atomic E-state index is 0.352. The Kier molecular flexibility index (Phi) is 5.28. The van der Waals surface area contributed by atoms with Gasteiger partial charge >= 0.3 is 5.97 Å². The average molecular weight is 294 g/mol. The van der Waals surface area contributed by atoms with Crippen LogP contribution in [0.15, 0.2) is 85.0 Å². The lowest BCUT2D eigenvalue weighted by Crippen LogP contribution is -2.26. The van der Waals surface area contributed by atoms with Gasteiger partial charge < -0.3 is 10.2 Å². The quantitative estimate of drug-likeness (QED) is 0.633. The van der Waals surface area contributed by atoms with Crippen molar-refractivity contribution >= 4 is 5.97 Å². The number of hydrogen-bond acceptors (Lipinski definition) is 2. The van der Waals surface area contributed by atoms with Gasteiger partial charge in [0, 0.05) is 12.5 Å². The summed E-state index contributed by atoms with van der Waals surface area (Å²) in [5.74, 6) is -0.994. The summed E-state index contributed by atoms with van der Waals surface area (Å²) in [5, 5.41) is 19.7. The van der Waals surface area contributed by atoms with E-state index in [1.165, 1.54) is 6.08 Å². The number of carboxylic acids is 1. The second-order valence-electron chi connectivity index (χ2n) is 4.92. The Hall–Kier alpha value is -2.65. The first-order valence-corrected chi connectivity index (χ1v) is 7.02. The molecule has 0 aliphatic carbocycles. The van der Waals surface area contributed by atoms with Crippen LogP contribution in [0.3, 0.4) is 0 Å². The molecule has 3 nitrogen and oxygen atoms in total. The standard InChI is InChI=1S/C19H18O3/c20-18(21)14-8-3-9-15-19(22,16-10-4-1-5-11-16)17-12-6-2-7-13-17/h1-14,22H,15H2,(H,20,21)/b9-3+,14-8+. The van der Waals surface area contributed by atoms with Crippen molar-refractivity contribution in [2.75, 3.05) is 0 Å². The molecule has 0 amide bonds. The third kappa shape index (κ3) is 3.93. The molecule has 0 aliphatic rings. The molecule has 0 radical (unpaired) electrons. The van der Waals surface area contributed by atoms with Gasteiger partial charge in [0.15, 0.2) is 0 Å². The Morgan fingerprint density at radius 3 is 1.86 bits per heavy atom. The fourth-order valence-electron chi connectivity index (χ4n) is 2.29. The molecule has 22 heavy (non-hydrogen) atoms. The third-order valence-electron chi connectivity index (χ3n) is 3.40. The van der Waals surface area contributed by atoms with Crippen LogP contribution in [0.25, 0.3) is 0 Å². The fraction of sp³-hybridized carbons (Fsp3) is 0.105. The van der Waals surface area contributed by atoms with Crippen LogP contribution in [-0.4, -0.2) is 16.2 Å². The summed E-state index contributed by atoms with van der Waals surface area (Å²) in [6, 6.07) is 18.9. The molecule has 0 atom stereocenters. The Bertz CT molecular complexity index is 618. The van der Waals surface area contributed by atoms with Gasteiger partial charge in [-0.2, -0.15) is 0 Å². The summed E-state index contributed by atoms with van der Waals surface area (Å²) in [7, 11) is 0. The van der Waals surface area contributed by atoms with Gasteiger partial charge in [0.25, 0.3) is 0 Å². The fourth-order valence-corrected chi connectivity index (χ4v) is 2.29. The van der Waals surface area contributed by atoms with Crippen molar-refractivity contribution in [1.82, 2.24) is 0 Å². The number of aliphatic hydroxyl groups is 1. The number of carbonyl (C=O) groups is 1. The van der Waals surface area contributed by atoms with E-state index in [1.807, 2.05) is 60.7 Å². The summed E-state index contributed by atoms with van der Waals surface area (Å²) in [4.78, 5) is 10.4. The predicted octanol–water partition coefficient (Wildman–Crippen LogP) is 3.51. The van der Waals surface area contributed by atoms with Gasteiger partial charge in [0.05, 0.1) is 0 Å². The predicted molar refractivity (Wildman–Crippen MR) is 86.4 cm³/mol. The first kappa shape index (κ1) is 15.7. The molecule has 3 heteroatoms. The van der Waals surface area contributed by atoms with Crippen LogP contribution in [0.4, 0.5) is 0 Å². The Morgan fingerprint density at radius 1 is 0.909 bits per heavy atom. The van der Waals surface area contributed by atoms with Crippen molar-refractivity contribution in [3.8, 4) is 0 Å². The topological polar surface area (TPSA) is 57.5 Å². The zero-order valence-electron chi connectivity index (χ0n) is 12.1. The van der Waals surface area contributed by atoms with E-state index in [2.05, 4.69) is 0 Å². The molecule has 2 aromatic carbocycles. The van der Waals surface area contributed by atoms with Crippen molar-refractivity contribution in [2.24, 2.45) is 0 Å². The van der Waals surface area contributed by atoms with Gasteiger partial charge in [0.2, 0.25) is 0 Å². The minimum atomic E-state index is -1.14. The lowest BCUT2D eigenvalue weighted by Gasteiger charge is -2.28. The van der Waals surface area contributed by atoms with E-state index < -0.39 is 11.6 Å². The average Bonchev–Trinajstić information content (AvgIpc) is 2.55. The smallest absolute Gasteiger partial charge is 0.328 e. The van der Waals surface area contributed by atoms with Crippen LogP contribution in [0.5, 0.6) is 0 Å². The van der Waals surface area contributed by atoms with E-state index in [9.17, 15) is 9.90 Å². The van der Waals surface area contributed by atoms with E-state index in [-0.39, 0.29) is 0 Å². The van der Waals surface area contributed by atoms with E-state index in [1.54, 1.807) is 12.2 Å². The van der Waals surface area contributed by atoms with E-state index in [0.717, 1.165) is 17.2 Å². The number of rotatable bonds is 6. The Morgan fingerprint density at radius 2 is 1.41 bits per heavy atom. The van der Waals surface area contributed by atoms with Crippen molar-refractivity contribution in [3.05, 3.63) is 96.1 Å². The summed E-state index contributed by atoms with van der Waals surface area (Å²) in [6.45, 7) is 0. The van der Waals surface area contributed by atoms with Crippen LogP contribution in [0, 0.1) is 0 Å². The molecular formula is C19H18O3. The first-order valence-electron chi connectivity index (χ1n) is 7.02. The lowest BCUT2D eigenvalue weighted by atomic mass is 9.83. The molecule has 2 N–H and O–H groups in total. The maximum atomic E-state index is 11.2. The lowest BCUT2D eigenvalue weighted by molar-refractivity contribution is -0.131. The number of allylic oxidation sites excluding steroid dienone is 2. The minimum Gasteiger partial charge on any atom is -0.478 e. The van der Waals surface area contributed by atoms with Crippen LogP contribution < -0.4 is 0 Å². The van der Waals surface area contributed by atoms with Crippen molar-refractivity contribution in [1.29, 1.82) is 0 Å². The van der Waals surface area contributed by atoms with Crippen molar-refractivity contribution in [2.45, 2.75) is 12.0 Å². The summed E-state index contributed by atoms with van der Waals surface area (Å²) in [5.41, 5.74) is 0.455. The van der Waals surface area contributed by atoms with Crippen LogP contribution >= 0.6 is 0 Å². The van der Waals surface area contributed by atoms with Gasteiger partial charge in [-0.25, -0.2) is 4.79 Å². The zero-order valence-corrected chi connectivity index (χ0v) is 12.1. The van der Waals surface area contributed by atoms with Gasteiger partial charge in [-0.3, -0.25) is 0 Å². The third-order valence-corrected chi connectivity index (χ3v) is 3.40. The van der Waals surface area contributed by atoms with Gasteiger partial charge in [-0.1, -0.05) is 78.9 Å². The van der Waals surface area contributed by atoms with Crippen LogP contribution in [0.1, 0.15) is 17.5 Å². The Labute approximate surface area is 129 Å². The van der Waals surface area contributed by atoms with Gasteiger partial charge in [-0.05, 0) is 11.1 Å². The molecule has 0 saturated carbocycles. The molecule has 2 aromatic rings. The zero-order chi connectivity index (χ0) is 15.8. The molecule has 0 heterocycles. The molecule has 0 bridgehead atoms. The van der Waals surface area contributed by atoms with Crippen LogP contribution in [-0.2, 0) is 10.4 Å². The molecule has 0 unspecified atom stereocenters. The maximum Gasteiger partial charge on any atom is 0.328 e. The largest absolute Gasteiger partial charge is 0.478 e. The molecule has 0 spiro atoms. The molecule has 112 valence electrons. The summed E-state index contributed by atoms with van der Waals surface area (Å²) >= 11 is 0. The highest BCUT2D eigenvalue weighted by Gasteiger charge is 2.29. The highest BCUT2D eigenvalue weighted by molar-refractivity contribution is 5.80. The first-order chi connectivity index (χ1) is 10.6. The molecule has 0 saturated heterocycles. The molecular weight excluding hydrogens is 276 g/mol. The molecule has 2 rings (SSSR count). The Balaban J connectivity index is 2.29. The van der Waals surface area contributed by atoms with E-state index in [4.69, 9.17) is 5.11 Å². The van der Waals surface area contributed by atoms with Crippen molar-refractivity contribution in [3.63, 3.8) is 0 Å². The van der Waals surface area contributed by atoms with E-state index >= 15 is 0 Å². The number of hydrogen-bond donors (Lipinski definition) is 2. The van der Waals surface area contributed by atoms with Crippen molar-refractivity contribution < 1.29 is 15.0 Å². The summed E-state index contributed by atoms with van der Waals surface area (Å²) in [6.07, 6.45) is 6.24. The van der Waals surface area contributed by atoms with E-state index in [0.29, 0.717) is 6.42 Å². The number of carboxylic acid groups (broad SMARTS) is 1. The molecule has 0 aliphatic heterocycles. The van der Waals surface area contributed by atoms with Gasteiger partial charge in [0.1, 0.15) is 5.60 Å². The normalized spacial score (nSPS) is 12.0. The monoisotopic (exact) mass is 294 g/mol. The SMILES string of the molecule is O=C(O)/C=C/C=C/CC(O)(c1ccccc1)c1ccccc1. The van der Waals surface area contributed by atoms with Gasteiger partial charge in [-0.15, -0.1) is 0 Å². The molecule has 0 fully saturated rings. The molecule has 0 aromatic heterocycles.